The molecule has 12 heteroatoms. The van der Waals surface area contributed by atoms with E-state index in [0.29, 0.717) is 32.2 Å². The zero-order valence-electron chi connectivity index (χ0n) is 16.6. The highest BCUT2D eigenvalue weighted by Crippen LogP contribution is 2.07. The van der Waals surface area contributed by atoms with Gasteiger partial charge in [0, 0.05) is 31.7 Å². The number of nitrogens with one attached hydrogen (secondary N) is 3. The van der Waals surface area contributed by atoms with Crippen LogP contribution < -0.4 is 27.4 Å². The van der Waals surface area contributed by atoms with Crippen molar-refractivity contribution in [1.82, 2.24) is 20.9 Å². The van der Waals surface area contributed by atoms with Crippen LogP contribution in [-0.4, -0.2) is 66.1 Å². The van der Waals surface area contributed by atoms with Gasteiger partial charge in [0.15, 0.2) is 0 Å². The number of unbranched alkanes of at least 4 members (excludes halogenated alkanes) is 2. The maximum absolute atomic E-state index is 11.9. The lowest BCUT2D eigenvalue weighted by Crippen LogP contribution is -2.48. The Labute approximate surface area is 173 Å². The predicted octanol–water partition coefficient (Wildman–Crippen LogP) is -1.99. The highest BCUT2D eigenvalue weighted by atomic mass is 16.2. The van der Waals surface area contributed by atoms with Gasteiger partial charge in [-0.25, -0.2) is 4.79 Å². The molecule has 0 saturated heterocycles. The van der Waals surface area contributed by atoms with Gasteiger partial charge in [-0.05, 0) is 25.7 Å². The summed E-state index contributed by atoms with van der Waals surface area (Å²) < 4.78 is 0. The summed E-state index contributed by atoms with van der Waals surface area (Å²) in [5.74, 6) is -2.28. The van der Waals surface area contributed by atoms with Crippen LogP contribution in [0.25, 0.3) is 0 Å². The highest BCUT2D eigenvalue weighted by molar-refractivity contribution is 6.12. The zero-order valence-corrected chi connectivity index (χ0v) is 16.6. The van der Waals surface area contributed by atoms with E-state index in [9.17, 15) is 28.8 Å². The number of nitrogens with two attached hydrogens (primary N) is 2. The van der Waals surface area contributed by atoms with Gasteiger partial charge in [-0.3, -0.25) is 28.9 Å². The molecule has 0 aromatic heterocycles. The van der Waals surface area contributed by atoms with E-state index in [1.165, 1.54) is 12.2 Å². The third-order valence-corrected chi connectivity index (χ3v) is 4.28. The second kappa shape index (κ2) is 12.9. The van der Waals surface area contributed by atoms with E-state index in [1.54, 1.807) is 0 Å². The Morgan fingerprint density at radius 1 is 0.900 bits per heavy atom. The Bertz CT molecular complexity index is 689. The molecule has 7 N–H and O–H groups in total. The Balaban J connectivity index is 2.16. The van der Waals surface area contributed by atoms with Crippen molar-refractivity contribution in [3.05, 3.63) is 12.2 Å². The van der Waals surface area contributed by atoms with Crippen molar-refractivity contribution in [2.45, 2.75) is 44.6 Å². The number of carbonyl (C=O) groups excluding carboxylic acids is 6. The first-order valence-corrected chi connectivity index (χ1v) is 9.63. The second-order valence-corrected chi connectivity index (χ2v) is 6.70. The van der Waals surface area contributed by atoms with Gasteiger partial charge in [-0.2, -0.15) is 0 Å². The van der Waals surface area contributed by atoms with Gasteiger partial charge in [0.25, 0.3) is 11.8 Å². The van der Waals surface area contributed by atoms with Crippen LogP contribution in [0.5, 0.6) is 0 Å². The van der Waals surface area contributed by atoms with Crippen molar-refractivity contribution < 1.29 is 28.8 Å². The fourth-order valence-electron chi connectivity index (χ4n) is 2.70. The standard InChI is InChI=1S/C18H28N6O6/c19-17(29)12(5-4-9-21-18(20)30)23-14(26)11-22-13(25)6-2-1-3-10-24-15(27)7-8-16(24)28/h7-8,12H,1-6,9-11H2,(H2,19,29)(H,22,25)(H,23,26)(H3,20,21,30)/t12-/m0/s1. The minimum Gasteiger partial charge on any atom is -0.368 e. The number of rotatable bonds is 14. The molecule has 1 heterocycles. The summed E-state index contributed by atoms with van der Waals surface area (Å²) in [6, 6.07) is -1.61. The van der Waals surface area contributed by atoms with Crippen LogP contribution in [0.4, 0.5) is 4.79 Å². The Hall–Kier alpha value is -3.44. The molecule has 12 nitrogen and oxygen atoms in total. The fourth-order valence-corrected chi connectivity index (χ4v) is 2.70. The third kappa shape index (κ3) is 9.66. The number of primary amides is 2. The largest absolute Gasteiger partial charge is 0.368 e. The molecule has 0 aliphatic carbocycles. The number of imide groups is 1. The van der Waals surface area contributed by atoms with Gasteiger partial charge >= 0.3 is 6.03 Å². The van der Waals surface area contributed by atoms with Crippen LogP contribution in [-0.2, 0) is 24.0 Å². The smallest absolute Gasteiger partial charge is 0.312 e. The number of amides is 7. The van der Waals surface area contributed by atoms with Crippen molar-refractivity contribution in [1.29, 1.82) is 0 Å². The number of nitrogens with zero attached hydrogens (tertiary/aromatic N) is 1. The van der Waals surface area contributed by atoms with Crippen LogP contribution in [0.15, 0.2) is 12.2 Å². The van der Waals surface area contributed by atoms with Crippen molar-refractivity contribution >= 4 is 35.6 Å². The summed E-state index contributed by atoms with van der Waals surface area (Å²) >= 11 is 0. The maximum atomic E-state index is 11.9. The Morgan fingerprint density at radius 3 is 2.17 bits per heavy atom. The van der Waals surface area contributed by atoms with Crippen LogP contribution in [0, 0.1) is 0 Å². The first-order chi connectivity index (χ1) is 14.2. The monoisotopic (exact) mass is 424 g/mol. The molecule has 0 unspecified atom stereocenters. The molecule has 0 spiro atoms. The molecule has 0 bridgehead atoms. The lowest BCUT2D eigenvalue weighted by Gasteiger charge is -2.16. The maximum Gasteiger partial charge on any atom is 0.312 e. The van der Waals surface area contributed by atoms with Crippen molar-refractivity contribution in [3.8, 4) is 0 Å². The summed E-state index contributed by atoms with van der Waals surface area (Å²) in [7, 11) is 0. The number of hydrogen-bond donors (Lipinski definition) is 5. The van der Waals surface area contributed by atoms with Crippen LogP contribution >= 0.6 is 0 Å². The highest BCUT2D eigenvalue weighted by Gasteiger charge is 2.22. The molecule has 166 valence electrons. The van der Waals surface area contributed by atoms with E-state index in [1.807, 2.05) is 0 Å². The minimum absolute atomic E-state index is 0.186. The number of hydrogen-bond acceptors (Lipinski definition) is 6. The summed E-state index contributed by atoms with van der Waals surface area (Å²) in [5, 5.41) is 7.24. The quantitative estimate of drug-likeness (QED) is 0.158. The molecule has 0 aromatic carbocycles. The Kier molecular flexibility index (Phi) is 10.6. The summed E-state index contributed by atoms with van der Waals surface area (Å²) in [6.45, 7) is 0.241. The third-order valence-electron chi connectivity index (χ3n) is 4.28. The normalized spacial score (nSPS) is 13.8. The lowest BCUT2D eigenvalue weighted by atomic mass is 10.1. The first kappa shape index (κ1) is 24.6. The minimum atomic E-state index is -0.922. The van der Waals surface area contributed by atoms with Gasteiger partial charge in [0.2, 0.25) is 17.7 Å². The van der Waals surface area contributed by atoms with Crippen LogP contribution in [0.2, 0.25) is 0 Å². The Morgan fingerprint density at radius 2 is 1.57 bits per heavy atom. The molecule has 0 radical (unpaired) electrons. The van der Waals surface area contributed by atoms with Gasteiger partial charge in [0.05, 0.1) is 6.54 Å². The lowest BCUT2D eigenvalue weighted by molar-refractivity contribution is -0.137. The van der Waals surface area contributed by atoms with E-state index in [2.05, 4.69) is 16.0 Å². The molecular formula is C18H28N6O6. The summed E-state index contributed by atoms with van der Waals surface area (Å²) in [4.78, 5) is 69.6. The van der Waals surface area contributed by atoms with Crippen LogP contribution in [0.1, 0.15) is 38.5 Å². The average molecular weight is 424 g/mol. The molecule has 1 atom stereocenters. The molecule has 0 fully saturated rings. The number of carbonyl (C=O) groups is 6. The fraction of sp³-hybridized carbons (Fsp3) is 0.556. The molecule has 0 saturated carbocycles. The summed E-state index contributed by atoms with van der Waals surface area (Å²) in [5.41, 5.74) is 10.2. The number of urea groups is 1. The van der Waals surface area contributed by atoms with E-state index < -0.39 is 23.9 Å². The predicted molar refractivity (Wildman–Crippen MR) is 105 cm³/mol. The molecule has 30 heavy (non-hydrogen) atoms. The topological polar surface area (TPSA) is 194 Å². The first-order valence-electron chi connectivity index (χ1n) is 9.63. The van der Waals surface area contributed by atoms with Crippen molar-refractivity contribution in [3.63, 3.8) is 0 Å². The molecular weight excluding hydrogens is 396 g/mol. The van der Waals surface area contributed by atoms with E-state index >= 15 is 0 Å². The summed E-state index contributed by atoms with van der Waals surface area (Å²) in [6.07, 6.45) is 4.99. The SMILES string of the molecule is NC(=O)NCCC[C@H](NC(=O)CNC(=O)CCCCCN1C(=O)C=CC1=O)C(N)=O. The van der Waals surface area contributed by atoms with Crippen molar-refractivity contribution in [2.75, 3.05) is 19.6 Å². The van der Waals surface area contributed by atoms with Gasteiger partial charge in [-0.1, -0.05) is 6.42 Å². The van der Waals surface area contributed by atoms with E-state index in [0.717, 1.165) is 4.90 Å². The van der Waals surface area contributed by atoms with Gasteiger partial charge in [-0.15, -0.1) is 0 Å². The zero-order chi connectivity index (χ0) is 22.5. The molecule has 7 amide bonds. The molecule has 1 aliphatic rings. The molecule has 1 rings (SSSR count). The molecule has 1 aliphatic heterocycles. The average Bonchev–Trinajstić information content (AvgIpc) is 2.99. The molecule has 0 aromatic rings. The van der Waals surface area contributed by atoms with Gasteiger partial charge in [0.1, 0.15) is 6.04 Å². The van der Waals surface area contributed by atoms with Crippen molar-refractivity contribution in [2.24, 2.45) is 11.5 Å². The van der Waals surface area contributed by atoms with Crippen LogP contribution in [0.3, 0.4) is 0 Å². The van der Waals surface area contributed by atoms with E-state index in [4.69, 9.17) is 11.5 Å². The second-order valence-electron chi connectivity index (χ2n) is 6.70. The van der Waals surface area contributed by atoms with E-state index in [-0.39, 0.29) is 43.7 Å². The van der Waals surface area contributed by atoms with Gasteiger partial charge < -0.3 is 27.4 Å².